The Morgan fingerprint density at radius 1 is 1.54 bits per heavy atom. The molecule has 13 heavy (non-hydrogen) atoms. The van der Waals surface area contributed by atoms with Crippen LogP contribution in [0.5, 0.6) is 0 Å². The van der Waals surface area contributed by atoms with Gasteiger partial charge in [-0.25, -0.2) is 4.98 Å². The van der Waals surface area contributed by atoms with Crippen LogP contribution in [0.25, 0.3) is 0 Å². The van der Waals surface area contributed by atoms with Crippen molar-refractivity contribution in [3.63, 3.8) is 0 Å². The van der Waals surface area contributed by atoms with E-state index in [0.29, 0.717) is 10.7 Å². The summed E-state index contributed by atoms with van der Waals surface area (Å²) in [5.41, 5.74) is 0. The number of aromatic nitrogens is 2. The molecule has 1 heterocycles. The molecule has 0 saturated heterocycles. The summed E-state index contributed by atoms with van der Waals surface area (Å²) in [5.74, 6) is 1.87. The van der Waals surface area contributed by atoms with Crippen LogP contribution in [0.2, 0.25) is 0 Å². The van der Waals surface area contributed by atoms with Crippen LogP contribution in [0.1, 0.15) is 26.1 Å². The first-order chi connectivity index (χ1) is 6.11. The predicted molar refractivity (Wildman–Crippen MR) is 59.1 cm³/mol. The van der Waals surface area contributed by atoms with E-state index in [1.54, 1.807) is 0 Å². The predicted octanol–water partition coefficient (Wildman–Crippen LogP) is 2.77. The molecule has 74 valence electrons. The summed E-state index contributed by atoms with van der Waals surface area (Å²) in [5, 5.41) is 0. The fourth-order valence-corrected chi connectivity index (χ4v) is 1.47. The number of nitrogens with zero attached hydrogens (tertiary/aromatic N) is 2. The fraction of sp³-hybridized carbons (Fsp3) is 0.700. The van der Waals surface area contributed by atoms with Crippen molar-refractivity contribution >= 4 is 15.9 Å². The van der Waals surface area contributed by atoms with E-state index in [0.717, 1.165) is 12.8 Å². The molecule has 0 fully saturated rings. The highest BCUT2D eigenvalue weighted by Crippen LogP contribution is 2.17. The summed E-state index contributed by atoms with van der Waals surface area (Å²) >= 11 is 3.68. The molecule has 1 aromatic rings. The highest BCUT2D eigenvalue weighted by Gasteiger charge is 2.10. The van der Waals surface area contributed by atoms with Gasteiger partial charge in [0.2, 0.25) is 0 Å². The number of hydrogen-bond donors (Lipinski definition) is 0. The molecule has 1 rings (SSSR count). The van der Waals surface area contributed by atoms with E-state index in [2.05, 4.69) is 39.3 Å². The summed E-state index contributed by atoms with van der Waals surface area (Å²) in [4.78, 5) is 4.89. The Morgan fingerprint density at radius 2 is 2.23 bits per heavy atom. The van der Waals surface area contributed by atoms with Gasteiger partial charge in [-0.15, -0.1) is 0 Å². The van der Waals surface area contributed by atoms with E-state index in [4.69, 9.17) is 0 Å². The minimum absolute atomic E-state index is 0.601. The third kappa shape index (κ3) is 3.14. The van der Waals surface area contributed by atoms with E-state index in [1.165, 1.54) is 5.82 Å². The third-order valence-corrected chi connectivity index (χ3v) is 3.80. The molecule has 1 atom stereocenters. The van der Waals surface area contributed by atoms with E-state index < -0.39 is 0 Å². The Bertz CT molecular complexity index is 255. The first-order valence-corrected chi connectivity index (χ1v) is 5.63. The van der Waals surface area contributed by atoms with Gasteiger partial charge in [-0.1, -0.05) is 29.8 Å². The smallest absolute Gasteiger partial charge is 0.108 e. The molecule has 0 aliphatic carbocycles. The second-order valence-electron chi connectivity index (χ2n) is 3.75. The summed E-state index contributed by atoms with van der Waals surface area (Å²) in [6, 6.07) is 0. The molecular weight excluding hydrogens is 228 g/mol. The molecule has 2 nitrogen and oxygen atoms in total. The van der Waals surface area contributed by atoms with Crippen molar-refractivity contribution in [2.24, 2.45) is 13.0 Å². The highest BCUT2D eigenvalue weighted by molar-refractivity contribution is 9.09. The standard InChI is InChI=1S/C10H17BrN2/c1-8(2)9(11)4-5-10-12-6-7-13(10)3/h6-9H,4-5H2,1-3H3. The zero-order valence-corrected chi connectivity index (χ0v) is 10.1. The molecule has 0 spiro atoms. The van der Waals surface area contributed by atoms with Gasteiger partial charge in [0.15, 0.2) is 0 Å². The molecule has 1 aromatic heterocycles. The average Bonchev–Trinajstić information content (AvgIpc) is 2.47. The lowest BCUT2D eigenvalue weighted by molar-refractivity contribution is 0.569. The summed E-state index contributed by atoms with van der Waals surface area (Å²) in [6.45, 7) is 4.47. The molecule has 0 radical (unpaired) electrons. The first-order valence-electron chi connectivity index (χ1n) is 4.71. The lowest BCUT2D eigenvalue weighted by atomic mass is 10.1. The number of alkyl halides is 1. The highest BCUT2D eigenvalue weighted by atomic mass is 79.9. The van der Waals surface area contributed by atoms with Crippen molar-refractivity contribution in [1.29, 1.82) is 0 Å². The Morgan fingerprint density at radius 3 is 2.69 bits per heavy atom. The summed E-state index contributed by atoms with van der Waals surface area (Å²) in [7, 11) is 2.04. The Balaban J connectivity index is 2.39. The molecule has 0 amide bonds. The largest absolute Gasteiger partial charge is 0.338 e. The van der Waals surface area contributed by atoms with Gasteiger partial charge in [0.25, 0.3) is 0 Å². The van der Waals surface area contributed by atoms with Gasteiger partial charge in [0.05, 0.1) is 0 Å². The molecule has 1 unspecified atom stereocenters. The van der Waals surface area contributed by atoms with Crippen LogP contribution in [0.15, 0.2) is 12.4 Å². The lowest BCUT2D eigenvalue weighted by Gasteiger charge is -2.12. The SMILES string of the molecule is CC(C)C(Br)CCc1nccn1C. The minimum atomic E-state index is 0.601. The molecule has 0 aliphatic rings. The van der Waals surface area contributed by atoms with Gasteiger partial charge < -0.3 is 4.57 Å². The monoisotopic (exact) mass is 244 g/mol. The van der Waals surface area contributed by atoms with Gasteiger partial charge in [0.1, 0.15) is 5.82 Å². The van der Waals surface area contributed by atoms with E-state index >= 15 is 0 Å². The van der Waals surface area contributed by atoms with Gasteiger partial charge >= 0.3 is 0 Å². The van der Waals surface area contributed by atoms with Crippen molar-refractivity contribution in [2.75, 3.05) is 0 Å². The summed E-state index contributed by atoms with van der Waals surface area (Å²) < 4.78 is 2.08. The van der Waals surface area contributed by atoms with E-state index in [9.17, 15) is 0 Å². The molecule has 0 bridgehead atoms. The normalized spacial score (nSPS) is 13.6. The minimum Gasteiger partial charge on any atom is -0.338 e. The maximum Gasteiger partial charge on any atom is 0.108 e. The maximum absolute atomic E-state index is 4.29. The number of halogens is 1. The van der Waals surface area contributed by atoms with Crippen LogP contribution in [-0.4, -0.2) is 14.4 Å². The Kier molecular flexibility index (Phi) is 3.97. The van der Waals surface area contributed by atoms with Crippen molar-refractivity contribution in [3.8, 4) is 0 Å². The maximum atomic E-state index is 4.29. The Labute approximate surface area is 88.5 Å². The van der Waals surface area contributed by atoms with Crippen molar-refractivity contribution in [1.82, 2.24) is 9.55 Å². The quantitative estimate of drug-likeness (QED) is 0.746. The number of aryl methyl sites for hydroxylation is 2. The molecule has 0 aromatic carbocycles. The summed E-state index contributed by atoms with van der Waals surface area (Å²) in [6.07, 6.45) is 6.06. The van der Waals surface area contributed by atoms with Gasteiger partial charge in [-0.3, -0.25) is 0 Å². The molecule has 0 saturated carbocycles. The van der Waals surface area contributed by atoms with Gasteiger partial charge in [-0.05, 0) is 12.3 Å². The topological polar surface area (TPSA) is 17.8 Å². The average molecular weight is 245 g/mol. The van der Waals surface area contributed by atoms with Gasteiger partial charge in [-0.2, -0.15) is 0 Å². The number of imidazole rings is 1. The van der Waals surface area contributed by atoms with Crippen LogP contribution in [0.3, 0.4) is 0 Å². The first kappa shape index (κ1) is 10.8. The Hall–Kier alpha value is -0.310. The van der Waals surface area contributed by atoms with E-state index in [-0.39, 0.29) is 0 Å². The number of rotatable bonds is 4. The zero-order chi connectivity index (χ0) is 9.84. The van der Waals surface area contributed by atoms with Crippen LogP contribution < -0.4 is 0 Å². The lowest BCUT2D eigenvalue weighted by Crippen LogP contribution is -2.09. The number of hydrogen-bond acceptors (Lipinski definition) is 1. The van der Waals surface area contributed by atoms with Crippen LogP contribution >= 0.6 is 15.9 Å². The third-order valence-electron chi connectivity index (χ3n) is 2.29. The van der Waals surface area contributed by atoms with E-state index in [1.807, 2.05) is 19.4 Å². The molecule has 3 heteroatoms. The van der Waals surface area contributed by atoms with Crippen LogP contribution in [0.4, 0.5) is 0 Å². The van der Waals surface area contributed by atoms with Crippen molar-refractivity contribution < 1.29 is 0 Å². The zero-order valence-electron chi connectivity index (χ0n) is 8.50. The molecule has 0 N–H and O–H groups in total. The van der Waals surface area contributed by atoms with Crippen LogP contribution in [-0.2, 0) is 13.5 Å². The molecule has 0 aliphatic heterocycles. The van der Waals surface area contributed by atoms with Crippen molar-refractivity contribution in [2.45, 2.75) is 31.5 Å². The fourth-order valence-electron chi connectivity index (χ4n) is 1.24. The second-order valence-corrected chi connectivity index (χ2v) is 4.93. The second kappa shape index (κ2) is 4.80. The van der Waals surface area contributed by atoms with Crippen LogP contribution in [0, 0.1) is 5.92 Å². The molecular formula is C10H17BrN2. The van der Waals surface area contributed by atoms with Crippen molar-refractivity contribution in [3.05, 3.63) is 18.2 Å². The van der Waals surface area contributed by atoms with Gasteiger partial charge in [0, 0.05) is 30.7 Å².